The first kappa shape index (κ1) is 117. The van der Waals surface area contributed by atoms with E-state index in [1.165, 1.54) is 42.7 Å². The Balaban J connectivity index is 0.000000370. The van der Waals surface area contributed by atoms with Gasteiger partial charge in [-0.3, -0.25) is 0 Å². The van der Waals surface area contributed by atoms with E-state index in [2.05, 4.69) is 72.6 Å². The normalized spacial score (nSPS) is 35.7. The fourth-order valence-corrected chi connectivity index (χ4v) is 21.7. The molecule has 0 aromatic carbocycles. The molecule has 0 radical (unpaired) electrons. The maximum absolute atomic E-state index is 14.2. The predicted octanol–water partition coefficient (Wildman–Crippen LogP) is 17.9. The number of fused-ring (bicyclic) bond motifs is 20. The van der Waals surface area contributed by atoms with Gasteiger partial charge in [-0.25, -0.2) is 68.3 Å². The first-order valence-electron chi connectivity index (χ1n) is 39.1. The fourth-order valence-electron chi connectivity index (χ4n) is 18.3. The third-order valence-electron chi connectivity index (χ3n) is 24.9. The smallest absolute Gasteiger partial charge is 0.425 e. The molecule has 6 aliphatic heterocycles. The standard InChI is InChI=1S/C13H15F5O.C9H11F5O.C8H9F5O.C7H7F5O2.C7H7F5OS.C6H7F3OS.6C5H8O2/c14-12(15)8-4-7(11(12,19)13(16,17)18)9-5-1-2-6(3-5)10(8)9;10-8(11)6-3-1-5(2-4-6)7(8,15)9(12,13)14;9-7(10)5-2-1-4(3-5)6(7,14)8(11,12)13;2*8-6(9)4-2-1-3(14-4)5(6,13)7(10,11)12;7-5(8)3-1-2-4(11-3)6(5,9)10;6*1-4(2)5(6)7-3/h5-10,19H,1-4H2;5-6,15H,1-4H2;4-5,14H,1-3H2;2*3-4,13H,1-2H2;3-4,10H,1-2H2;6*1H2,2-3H3. The van der Waals surface area contributed by atoms with Crippen LogP contribution in [0.4, 0.5) is 123 Å². The van der Waals surface area contributed by atoms with Gasteiger partial charge in [0.2, 0.25) is 22.4 Å². The van der Waals surface area contributed by atoms with E-state index in [9.17, 15) is 167 Å². The summed E-state index contributed by atoms with van der Waals surface area (Å²) in [5, 5.41) is 50.6. The molecule has 49 heteroatoms. The summed E-state index contributed by atoms with van der Waals surface area (Å²) >= 11 is 1.42. The molecule has 0 amide bonds. The van der Waals surface area contributed by atoms with Crippen molar-refractivity contribution in [1.29, 1.82) is 0 Å². The summed E-state index contributed by atoms with van der Waals surface area (Å²) in [6.45, 7) is 29.7. The molecular weight excluding hydrogens is 1860 g/mol. The molecule has 15 aliphatic rings. The van der Waals surface area contributed by atoms with Crippen LogP contribution in [0.1, 0.15) is 151 Å². The minimum absolute atomic E-state index is 0.000926. The van der Waals surface area contributed by atoms with Crippen LogP contribution in [0.3, 0.4) is 0 Å². The average molecular weight is 1970 g/mol. The molecule has 20 atom stereocenters. The van der Waals surface area contributed by atoms with Gasteiger partial charge in [-0.2, -0.15) is 83.4 Å². The van der Waals surface area contributed by atoms with Crippen molar-refractivity contribution in [1.82, 2.24) is 0 Å². The number of ether oxygens (including phenoxy) is 7. The molecule has 0 aromatic heterocycles. The summed E-state index contributed by atoms with van der Waals surface area (Å²) in [6, 6.07) is 0. The van der Waals surface area contributed by atoms with Gasteiger partial charge < -0.3 is 63.8 Å². The third-order valence-corrected chi connectivity index (χ3v) is 28.4. The number of aliphatic hydroxyl groups is 6. The topological polar surface area (TPSA) is 288 Å². The van der Waals surface area contributed by atoms with E-state index in [0.717, 1.165) is 31.0 Å². The molecule has 15 rings (SSSR count). The quantitative estimate of drug-likeness (QED) is 0.0474. The molecule has 20 unspecified atom stereocenters. The molecule has 0 aromatic rings. The lowest BCUT2D eigenvalue weighted by Crippen LogP contribution is -2.70. The van der Waals surface area contributed by atoms with Crippen molar-refractivity contribution >= 4 is 59.3 Å². The number of methoxy groups -OCH3 is 6. The number of thioether (sulfide) groups is 2. The molecule has 746 valence electrons. The van der Waals surface area contributed by atoms with Crippen LogP contribution in [-0.4, -0.2) is 243 Å². The maximum Gasteiger partial charge on any atom is 0.425 e. The lowest BCUT2D eigenvalue weighted by atomic mass is 9.59. The highest BCUT2D eigenvalue weighted by molar-refractivity contribution is 8.01. The third kappa shape index (κ3) is 22.3. The van der Waals surface area contributed by atoms with Gasteiger partial charge in [-0.15, -0.1) is 23.5 Å². The Morgan fingerprint density at radius 1 is 0.287 bits per heavy atom. The predicted molar refractivity (Wildman–Crippen MR) is 404 cm³/mol. The minimum Gasteiger partial charge on any atom is -0.466 e. The van der Waals surface area contributed by atoms with Crippen molar-refractivity contribution < 1.29 is 215 Å². The summed E-state index contributed by atoms with van der Waals surface area (Å²) in [5.41, 5.74) is -16.6. The van der Waals surface area contributed by atoms with Gasteiger partial charge in [0.15, 0.2) is 0 Å². The number of hydrogen-bond donors (Lipinski definition) is 6. The summed E-state index contributed by atoms with van der Waals surface area (Å²) < 4.78 is 391. The molecule has 15 fully saturated rings. The number of halogens is 28. The van der Waals surface area contributed by atoms with E-state index < -0.39 is 169 Å². The Hall–Kier alpha value is -6.28. The molecule has 129 heavy (non-hydrogen) atoms. The van der Waals surface area contributed by atoms with Crippen LogP contribution in [0, 0.1) is 59.2 Å². The number of carbonyl (C=O) groups excluding carboxylic acids is 6. The van der Waals surface area contributed by atoms with E-state index in [-0.39, 0.29) is 137 Å². The van der Waals surface area contributed by atoms with Gasteiger partial charge in [-0.1, -0.05) is 39.5 Å². The lowest BCUT2D eigenvalue weighted by Gasteiger charge is -2.53. The molecule has 9 aliphatic carbocycles. The van der Waals surface area contributed by atoms with E-state index in [4.69, 9.17) is 15.3 Å². The monoisotopic (exact) mass is 1960 g/mol. The van der Waals surface area contributed by atoms with Crippen LogP contribution < -0.4 is 0 Å². The zero-order valence-corrected chi connectivity index (χ0v) is 73.0. The Labute approximate surface area is 731 Å². The van der Waals surface area contributed by atoms with Crippen molar-refractivity contribution in [3.63, 3.8) is 0 Å². The van der Waals surface area contributed by atoms with Crippen LogP contribution >= 0.6 is 23.5 Å². The molecule has 19 nitrogen and oxygen atoms in total. The Morgan fingerprint density at radius 2 is 0.566 bits per heavy atom. The molecule has 6 saturated heterocycles. The zero-order valence-electron chi connectivity index (χ0n) is 71.4. The van der Waals surface area contributed by atoms with Gasteiger partial charge >= 0.3 is 78.5 Å². The van der Waals surface area contributed by atoms with E-state index in [0.29, 0.717) is 58.0 Å². The van der Waals surface area contributed by atoms with Crippen LogP contribution in [0.5, 0.6) is 0 Å². The maximum atomic E-state index is 14.2. The van der Waals surface area contributed by atoms with Crippen molar-refractivity contribution in [3.8, 4) is 0 Å². The van der Waals surface area contributed by atoms with Crippen molar-refractivity contribution in [3.05, 3.63) is 72.9 Å². The summed E-state index contributed by atoms with van der Waals surface area (Å²) in [5.74, 6) is -37.5. The van der Waals surface area contributed by atoms with Crippen LogP contribution in [0.2, 0.25) is 0 Å². The number of rotatable bonds is 6. The summed E-state index contributed by atoms with van der Waals surface area (Å²) in [4.78, 5) is 61.1. The highest BCUT2D eigenvalue weighted by Gasteiger charge is 2.88. The van der Waals surface area contributed by atoms with E-state index in [1.54, 1.807) is 41.5 Å². The molecule has 9 saturated carbocycles. The lowest BCUT2D eigenvalue weighted by molar-refractivity contribution is -0.385. The van der Waals surface area contributed by atoms with Gasteiger partial charge in [0.1, 0.15) is 12.2 Å². The second-order valence-corrected chi connectivity index (χ2v) is 35.9. The molecule has 6 heterocycles. The molecule has 14 bridgehead atoms. The highest BCUT2D eigenvalue weighted by Crippen LogP contribution is 2.76. The van der Waals surface area contributed by atoms with Crippen molar-refractivity contribution in [2.45, 2.75) is 284 Å². The first-order chi connectivity index (χ1) is 58.1. The summed E-state index contributed by atoms with van der Waals surface area (Å²) in [6.07, 6.45) is -27.1. The minimum atomic E-state index is -5.36. The number of hydrogen-bond acceptors (Lipinski definition) is 21. The van der Waals surface area contributed by atoms with Gasteiger partial charge in [-0.05, 0) is 174 Å². The fraction of sp³-hybridized carbons (Fsp3) is 0.775. The van der Waals surface area contributed by atoms with E-state index in [1.807, 2.05) is 0 Å². The first-order valence-corrected chi connectivity index (χ1v) is 41.0. The molecule has 6 N–H and O–H groups in total. The second-order valence-electron chi connectivity index (χ2n) is 33.1. The SMILES string of the molecule is C=C(C)C(=O)OC.C=C(C)C(=O)OC.C=C(C)C(=O)OC.C=C(C)C(=O)OC.C=C(C)C(=O)OC.C=C(C)C(=O)OC.OC1(C(F)(F)F)C2CC(C3C4CCC(C4)C32)C1(F)F.OC1(C(F)(F)F)C2CCC(C2)C1(F)F.OC1(C(F)(F)F)C2CCC(CC2)C1(F)F.OC1(C(F)(F)F)C2CCC(O2)C1(F)F.OC1(C(F)(F)F)C2CCC(S2)C1(F)F.OC1(F)C2CCC(S2)C1(F)F. The van der Waals surface area contributed by atoms with Crippen LogP contribution in [-0.2, 0) is 61.9 Å². The Kier molecular flexibility index (Phi) is 38.0. The van der Waals surface area contributed by atoms with Crippen molar-refractivity contribution in [2.24, 2.45) is 59.2 Å². The number of alkyl halides is 28. The summed E-state index contributed by atoms with van der Waals surface area (Å²) in [7, 11) is 7.98. The number of esters is 6. The van der Waals surface area contributed by atoms with Crippen LogP contribution in [0.25, 0.3) is 0 Å². The van der Waals surface area contributed by atoms with Crippen LogP contribution in [0.15, 0.2) is 72.9 Å². The highest BCUT2D eigenvalue weighted by atomic mass is 32.2. The Morgan fingerprint density at radius 3 is 0.783 bits per heavy atom. The average Bonchev–Trinajstić information content (AvgIpc) is 1.49. The molecule has 0 spiro atoms. The van der Waals surface area contributed by atoms with E-state index >= 15 is 0 Å². The van der Waals surface area contributed by atoms with Gasteiger partial charge in [0.25, 0.3) is 35.1 Å². The largest absolute Gasteiger partial charge is 0.466 e. The van der Waals surface area contributed by atoms with Crippen molar-refractivity contribution in [2.75, 3.05) is 42.7 Å². The Bertz CT molecular complexity index is 3650. The number of carbonyl (C=O) groups is 6. The zero-order chi connectivity index (χ0) is 101. The molecular formula is C80H104F28O19S2. The second kappa shape index (κ2) is 41.9. The van der Waals surface area contributed by atoms with Gasteiger partial charge in [0, 0.05) is 74.2 Å². The van der Waals surface area contributed by atoms with Gasteiger partial charge in [0.05, 0.1) is 58.4 Å².